The summed E-state index contributed by atoms with van der Waals surface area (Å²) >= 11 is 0. The highest BCUT2D eigenvalue weighted by atomic mass is 16.4. The Bertz CT molecular complexity index is 597. The smallest absolute Gasteiger partial charge is 0.325 e. The van der Waals surface area contributed by atoms with Gasteiger partial charge in [-0.1, -0.05) is 20.3 Å². The standard InChI is InChI=1S/C18H32N4O6/c1-5-9(2)13(19)16(25)21-14(11(4)23)17(26)22-8-6-7-12(22)15(24)20-10(3)18(27)28/h9-14,23H,5-8,19H2,1-4H3,(H,20,24)(H,21,25)(H,27,28). The number of nitrogens with one attached hydrogen (secondary N) is 2. The van der Waals surface area contributed by atoms with Gasteiger partial charge in [0.1, 0.15) is 18.1 Å². The maximum Gasteiger partial charge on any atom is 0.325 e. The number of aliphatic hydroxyl groups is 1. The van der Waals surface area contributed by atoms with Crippen LogP contribution in [0.1, 0.15) is 47.0 Å². The normalized spacial score (nSPS) is 21.9. The second-order valence-corrected chi connectivity index (χ2v) is 7.40. The number of likely N-dealkylation sites (tertiary alicyclic amines) is 1. The Morgan fingerprint density at radius 2 is 1.79 bits per heavy atom. The number of nitrogens with zero attached hydrogens (tertiary/aromatic N) is 1. The second kappa shape index (κ2) is 10.4. The first kappa shape index (κ1) is 23.8. The highest BCUT2D eigenvalue weighted by molar-refractivity contribution is 5.94. The molecular weight excluding hydrogens is 368 g/mol. The van der Waals surface area contributed by atoms with Crippen molar-refractivity contribution in [3.05, 3.63) is 0 Å². The minimum Gasteiger partial charge on any atom is -0.480 e. The Kier molecular flexibility index (Phi) is 8.83. The number of carboxylic acid groups (broad SMARTS) is 1. The zero-order valence-electron chi connectivity index (χ0n) is 16.8. The molecule has 1 saturated heterocycles. The van der Waals surface area contributed by atoms with Crippen molar-refractivity contribution >= 4 is 23.7 Å². The first-order chi connectivity index (χ1) is 13.0. The van der Waals surface area contributed by atoms with Crippen molar-refractivity contribution in [1.29, 1.82) is 0 Å². The van der Waals surface area contributed by atoms with Gasteiger partial charge in [0.2, 0.25) is 17.7 Å². The molecule has 0 spiro atoms. The lowest BCUT2D eigenvalue weighted by molar-refractivity contribution is -0.145. The summed E-state index contributed by atoms with van der Waals surface area (Å²) in [6.07, 6.45) is 0.412. The average molecular weight is 400 g/mol. The zero-order valence-corrected chi connectivity index (χ0v) is 16.8. The van der Waals surface area contributed by atoms with E-state index < -0.39 is 54.0 Å². The lowest BCUT2D eigenvalue weighted by atomic mass is 9.98. The van der Waals surface area contributed by atoms with Crippen LogP contribution in [0.3, 0.4) is 0 Å². The number of hydrogen-bond donors (Lipinski definition) is 5. The Hall–Kier alpha value is -2.20. The van der Waals surface area contributed by atoms with Crippen molar-refractivity contribution in [1.82, 2.24) is 15.5 Å². The van der Waals surface area contributed by atoms with E-state index in [1.54, 1.807) is 0 Å². The number of nitrogens with two attached hydrogens (primary N) is 1. The predicted octanol–water partition coefficient (Wildman–Crippen LogP) is -1.19. The van der Waals surface area contributed by atoms with Crippen LogP contribution < -0.4 is 16.4 Å². The van der Waals surface area contributed by atoms with Gasteiger partial charge in [0, 0.05) is 6.54 Å². The van der Waals surface area contributed by atoms with Crippen LogP contribution >= 0.6 is 0 Å². The van der Waals surface area contributed by atoms with Gasteiger partial charge in [0.25, 0.3) is 0 Å². The summed E-state index contributed by atoms with van der Waals surface area (Å²) in [5.74, 6) is -3.01. The number of amides is 3. The van der Waals surface area contributed by atoms with Gasteiger partial charge in [0.05, 0.1) is 12.1 Å². The third-order valence-corrected chi connectivity index (χ3v) is 5.17. The summed E-state index contributed by atoms with van der Waals surface area (Å²) in [4.78, 5) is 49.9. The summed E-state index contributed by atoms with van der Waals surface area (Å²) in [6, 6.07) is -4.01. The maximum atomic E-state index is 12.9. The second-order valence-electron chi connectivity index (χ2n) is 7.40. The summed E-state index contributed by atoms with van der Waals surface area (Å²) < 4.78 is 0. The molecule has 0 aromatic carbocycles. The molecule has 0 aliphatic carbocycles. The summed E-state index contributed by atoms with van der Waals surface area (Å²) in [5.41, 5.74) is 5.89. The minimum absolute atomic E-state index is 0.104. The van der Waals surface area contributed by atoms with Crippen LogP contribution in [0.2, 0.25) is 0 Å². The predicted molar refractivity (Wildman–Crippen MR) is 101 cm³/mol. The van der Waals surface area contributed by atoms with Crippen LogP contribution in [-0.2, 0) is 19.2 Å². The van der Waals surface area contributed by atoms with Gasteiger partial charge in [-0.15, -0.1) is 0 Å². The van der Waals surface area contributed by atoms with Crippen LogP contribution in [0.5, 0.6) is 0 Å². The molecule has 6 N–H and O–H groups in total. The van der Waals surface area contributed by atoms with Crippen molar-refractivity contribution in [3.8, 4) is 0 Å². The van der Waals surface area contributed by atoms with Crippen LogP contribution in [0.15, 0.2) is 0 Å². The van der Waals surface area contributed by atoms with Gasteiger partial charge in [-0.05, 0) is 32.6 Å². The maximum absolute atomic E-state index is 12.9. The van der Waals surface area contributed by atoms with E-state index in [0.29, 0.717) is 19.3 Å². The van der Waals surface area contributed by atoms with E-state index in [1.165, 1.54) is 18.7 Å². The largest absolute Gasteiger partial charge is 0.480 e. The number of carbonyl (C=O) groups is 4. The van der Waals surface area contributed by atoms with Crippen LogP contribution in [-0.4, -0.2) is 75.6 Å². The van der Waals surface area contributed by atoms with Crippen molar-refractivity contribution in [2.24, 2.45) is 11.7 Å². The number of aliphatic hydroxyl groups excluding tert-OH is 1. The van der Waals surface area contributed by atoms with Crippen molar-refractivity contribution in [3.63, 3.8) is 0 Å². The van der Waals surface area contributed by atoms with Gasteiger partial charge in [-0.2, -0.15) is 0 Å². The Labute approximate surface area is 164 Å². The van der Waals surface area contributed by atoms with Gasteiger partial charge in [-0.3, -0.25) is 19.2 Å². The Morgan fingerprint density at radius 1 is 1.18 bits per heavy atom. The molecular formula is C18H32N4O6. The van der Waals surface area contributed by atoms with Gasteiger partial charge >= 0.3 is 5.97 Å². The third-order valence-electron chi connectivity index (χ3n) is 5.17. The molecule has 6 atom stereocenters. The topological polar surface area (TPSA) is 162 Å². The van der Waals surface area contributed by atoms with Crippen LogP contribution in [0, 0.1) is 5.92 Å². The highest BCUT2D eigenvalue weighted by Crippen LogP contribution is 2.20. The molecule has 1 rings (SSSR count). The lowest BCUT2D eigenvalue weighted by Gasteiger charge is -2.31. The fourth-order valence-corrected chi connectivity index (χ4v) is 3.00. The number of carbonyl (C=O) groups excluding carboxylic acids is 3. The van der Waals surface area contributed by atoms with E-state index in [0.717, 1.165) is 0 Å². The Morgan fingerprint density at radius 3 is 2.29 bits per heavy atom. The van der Waals surface area contributed by atoms with E-state index >= 15 is 0 Å². The molecule has 3 amide bonds. The highest BCUT2D eigenvalue weighted by Gasteiger charge is 2.40. The van der Waals surface area contributed by atoms with Crippen molar-refractivity contribution < 1.29 is 29.4 Å². The molecule has 6 unspecified atom stereocenters. The van der Waals surface area contributed by atoms with Gasteiger partial charge < -0.3 is 31.5 Å². The minimum atomic E-state index is -1.24. The van der Waals surface area contributed by atoms with Crippen LogP contribution in [0.25, 0.3) is 0 Å². The molecule has 0 saturated carbocycles. The van der Waals surface area contributed by atoms with Gasteiger partial charge in [0.15, 0.2) is 0 Å². The summed E-state index contributed by atoms with van der Waals surface area (Å²) in [5, 5.41) is 23.8. The lowest BCUT2D eigenvalue weighted by Crippen LogP contribution is -2.60. The fourth-order valence-electron chi connectivity index (χ4n) is 3.00. The van der Waals surface area contributed by atoms with Gasteiger partial charge in [-0.25, -0.2) is 0 Å². The molecule has 0 aromatic heterocycles. The molecule has 160 valence electrons. The van der Waals surface area contributed by atoms with E-state index in [9.17, 15) is 24.3 Å². The van der Waals surface area contributed by atoms with Crippen LogP contribution in [0.4, 0.5) is 0 Å². The number of rotatable bonds is 9. The zero-order chi connectivity index (χ0) is 21.6. The van der Waals surface area contributed by atoms with E-state index in [4.69, 9.17) is 10.8 Å². The monoisotopic (exact) mass is 400 g/mol. The SMILES string of the molecule is CCC(C)C(N)C(=O)NC(C(=O)N1CCCC1C(=O)NC(C)C(=O)O)C(C)O. The molecule has 0 bridgehead atoms. The number of aliphatic carboxylic acids is 1. The molecule has 1 aliphatic rings. The molecule has 10 nitrogen and oxygen atoms in total. The van der Waals surface area contributed by atoms with E-state index in [-0.39, 0.29) is 12.5 Å². The summed E-state index contributed by atoms with van der Waals surface area (Å²) in [7, 11) is 0. The molecule has 1 aliphatic heterocycles. The van der Waals surface area contributed by atoms with Crippen molar-refractivity contribution in [2.45, 2.75) is 77.2 Å². The first-order valence-corrected chi connectivity index (χ1v) is 9.58. The third kappa shape index (κ3) is 5.90. The molecule has 0 radical (unpaired) electrons. The molecule has 10 heteroatoms. The number of carboxylic acids is 1. The number of hydrogen-bond acceptors (Lipinski definition) is 6. The molecule has 28 heavy (non-hydrogen) atoms. The Balaban J connectivity index is 2.89. The summed E-state index contributed by atoms with van der Waals surface area (Å²) in [6.45, 7) is 6.68. The fraction of sp³-hybridized carbons (Fsp3) is 0.778. The molecule has 0 aromatic rings. The first-order valence-electron chi connectivity index (χ1n) is 9.58. The quantitative estimate of drug-likeness (QED) is 0.325. The van der Waals surface area contributed by atoms with Crippen molar-refractivity contribution in [2.75, 3.05) is 6.54 Å². The molecule has 1 heterocycles. The average Bonchev–Trinajstić information content (AvgIpc) is 3.13. The molecule has 1 fully saturated rings. The van der Waals surface area contributed by atoms with E-state index in [1.807, 2.05) is 13.8 Å². The van der Waals surface area contributed by atoms with E-state index in [2.05, 4.69) is 10.6 Å².